The molecular formula is C15H22ClN5O2. The summed E-state index contributed by atoms with van der Waals surface area (Å²) in [5.74, 6) is 0.331. The van der Waals surface area contributed by atoms with Crippen LogP contribution in [-0.2, 0) is 4.74 Å². The Morgan fingerprint density at radius 1 is 1.48 bits per heavy atom. The van der Waals surface area contributed by atoms with Gasteiger partial charge >= 0.3 is 6.09 Å². The zero-order chi connectivity index (χ0) is 17.8. The number of nitrogens with zero attached hydrogens (tertiary/aromatic N) is 4. The molecule has 0 saturated heterocycles. The van der Waals surface area contributed by atoms with E-state index in [0.717, 1.165) is 0 Å². The van der Waals surface area contributed by atoms with Gasteiger partial charge in [0.1, 0.15) is 17.3 Å². The van der Waals surface area contributed by atoms with Crippen molar-refractivity contribution < 1.29 is 9.53 Å². The number of aromatic nitrogens is 2. The third-order valence-corrected chi connectivity index (χ3v) is 3.20. The summed E-state index contributed by atoms with van der Waals surface area (Å²) >= 11 is 5.76. The fourth-order valence-electron chi connectivity index (χ4n) is 1.65. The van der Waals surface area contributed by atoms with Crippen molar-refractivity contribution >= 4 is 35.1 Å². The molecule has 1 unspecified atom stereocenters. The number of aliphatic imine (C=N–C) groups is 1. The average Bonchev–Trinajstić information content (AvgIpc) is 2.42. The molecule has 7 nitrogen and oxygen atoms in total. The topological polar surface area (TPSA) is 91.5 Å². The van der Waals surface area contributed by atoms with Gasteiger partial charge < -0.3 is 9.64 Å². The van der Waals surface area contributed by atoms with E-state index in [-0.39, 0.29) is 17.0 Å². The van der Waals surface area contributed by atoms with Crippen LogP contribution in [0.1, 0.15) is 34.6 Å². The monoisotopic (exact) mass is 339 g/mol. The van der Waals surface area contributed by atoms with Crippen molar-refractivity contribution in [1.29, 1.82) is 5.41 Å². The molecule has 0 spiro atoms. The van der Waals surface area contributed by atoms with Gasteiger partial charge in [-0.05, 0) is 45.4 Å². The van der Waals surface area contributed by atoms with E-state index in [4.69, 9.17) is 21.7 Å². The van der Waals surface area contributed by atoms with Crippen LogP contribution in [-0.4, -0.2) is 40.3 Å². The molecule has 1 amide bonds. The van der Waals surface area contributed by atoms with Crippen molar-refractivity contribution in [3.8, 4) is 0 Å². The van der Waals surface area contributed by atoms with Crippen LogP contribution in [0, 0.1) is 11.3 Å². The third-order valence-electron chi connectivity index (χ3n) is 3.01. The summed E-state index contributed by atoms with van der Waals surface area (Å²) in [6.07, 6.45) is 0.850. The van der Waals surface area contributed by atoms with Gasteiger partial charge in [-0.2, -0.15) is 4.99 Å². The van der Waals surface area contributed by atoms with E-state index >= 15 is 0 Å². The molecule has 0 aliphatic carbocycles. The van der Waals surface area contributed by atoms with Crippen LogP contribution in [0.3, 0.4) is 0 Å². The first kappa shape index (κ1) is 19.0. The van der Waals surface area contributed by atoms with E-state index in [1.54, 1.807) is 52.6 Å². The van der Waals surface area contributed by atoms with E-state index in [1.807, 2.05) is 0 Å². The summed E-state index contributed by atoms with van der Waals surface area (Å²) in [6, 6.07) is 1.65. The van der Waals surface area contributed by atoms with Gasteiger partial charge in [-0.3, -0.25) is 5.41 Å². The van der Waals surface area contributed by atoms with Crippen molar-refractivity contribution in [2.24, 2.45) is 10.9 Å². The van der Waals surface area contributed by atoms with E-state index in [2.05, 4.69) is 15.0 Å². The highest BCUT2D eigenvalue weighted by Crippen LogP contribution is 2.15. The number of halogens is 1. The smallest absolute Gasteiger partial charge is 0.434 e. The fourth-order valence-corrected chi connectivity index (χ4v) is 1.79. The molecule has 0 radical (unpaired) electrons. The Morgan fingerprint density at radius 3 is 2.61 bits per heavy atom. The van der Waals surface area contributed by atoms with Gasteiger partial charge in [0.15, 0.2) is 0 Å². The molecule has 1 aromatic rings. The Kier molecular flexibility index (Phi) is 6.20. The van der Waals surface area contributed by atoms with Crippen molar-refractivity contribution in [3.05, 3.63) is 17.5 Å². The second-order valence-corrected chi connectivity index (χ2v) is 6.42. The Bertz CT molecular complexity index is 625. The standard InChI is InChI=1S/C15H22ClN5O2/c1-9(10(2)19-14(22)23-15(3,4)5)12(17)21(6)11-7-8-18-13(16)20-11/h7-9,17H,1-6H3. The van der Waals surface area contributed by atoms with Gasteiger partial charge in [0.05, 0.1) is 5.92 Å². The minimum absolute atomic E-state index is 0.106. The number of ether oxygens (including phenoxy) is 1. The average molecular weight is 340 g/mol. The second kappa shape index (κ2) is 7.50. The first-order valence-corrected chi connectivity index (χ1v) is 7.48. The molecule has 1 N–H and O–H groups in total. The molecule has 8 heteroatoms. The Labute approximate surface area is 141 Å². The molecule has 1 aromatic heterocycles. The van der Waals surface area contributed by atoms with Gasteiger partial charge in [0, 0.05) is 19.0 Å². The number of amidine groups is 1. The van der Waals surface area contributed by atoms with Crippen molar-refractivity contribution in [2.75, 3.05) is 11.9 Å². The summed E-state index contributed by atoms with van der Waals surface area (Å²) < 4.78 is 5.15. The molecule has 23 heavy (non-hydrogen) atoms. The maximum Gasteiger partial charge on any atom is 0.434 e. The quantitative estimate of drug-likeness (QED) is 0.516. The molecule has 1 rings (SSSR count). The number of carbonyl (C=O) groups excluding carboxylic acids is 1. The largest absolute Gasteiger partial charge is 0.442 e. The highest BCUT2D eigenvalue weighted by Gasteiger charge is 2.21. The normalized spacial score (nSPS) is 13.4. The van der Waals surface area contributed by atoms with Gasteiger partial charge in [-0.15, -0.1) is 0 Å². The van der Waals surface area contributed by atoms with Crippen molar-refractivity contribution in [2.45, 2.75) is 40.2 Å². The highest BCUT2D eigenvalue weighted by atomic mass is 35.5. The maximum absolute atomic E-state index is 11.7. The minimum atomic E-state index is -0.664. The molecule has 0 aliphatic heterocycles. The SMILES string of the molecule is CC(=NC(=O)OC(C)(C)C)C(C)C(=N)N(C)c1ccnc(Cl)n1. The van der Waals surface area contributed by atoms with Gasteiger partial charge in [0.25, 0.3) is 0 Å². The minimum Gasteiger partial charge on any atom is -0.442 e. The second-order valence-electron chi connectivity index (χ2n) is 6.08. The van der Waals surface area contributed by atoms with Crippen molar-refractivity contribution in [3.63, 3.8) is 0 Å². The lowest BCUT2D eigenvalue weighted by atomic mass is 10.1. The molecule has 0 aliphatic rings. The number of nitrogens with one attached hydrogen (secondary N) is 1. The van der Waals surface area contributed by atoms with E-state index < -0.39 is 11.7 Å². The number of carbonyl (C=O) groups is 1. The van der Waals surface area contributed by atoms with Crippen LogP contribution < -0.4 is 4.90 Å². The Balaban J connectivity index is 2.84. The molecule has 1 heterocycles. The van der Waals surface area contributed by atoms with Crippen LogP contribution >= 0.6 is 11.6 Å². The lowest BCUT2D eigenvalue weighted by Crippen LogP contribution is -2.35. The number of hydrogen-bond donors (Lipinski definition) is 1. The van der Waals surface area contributed by atoms with E-state index in [9.17, 15) is 4.79 Å². The number of hydrogen-bond acceptors (Lipinski definition) is 5. The van der Waals surface area contributed by atoms with Crippen molar-refractivity contribution in [1.82, 2.24) is 9.97 Å². The van der Waals surface area contributed by atoms with Crippen LogP contribution in [0.2, 0.25) is 5.28 Å². The van der Waals surface area contributed by atoms with Crippen LogP contribution in [0.15, 0.2) is 17.3 Å². The Hall–Kier alpha value is -2.02. The first-order valence-electron chi connectivity index (χ1n) is 7.10. The zero-order valence-electron chi connectivity index (χ0n) is 14.2. The number of amides is 1. The van der Waals surface area contributed by atoms with Gasteiger partial charge in [-0.25, -0.2) is 14.8 Å². The number of rotatable bonds is 3. The van der Waals surface area contributed by atoms with Crippen LogP contribution in [0.25, 0.3) is 0 Å². The van der Waals surface area contributed by atoms with Gasteiger partial charge in [-0.1, -0.05) is 6.92 Å². The van der Waals surface area contributed by atoms with E-state index in [1.165, 1.54) is 6.20 Å². The fraction of sp³-hybridized carbons (Fsp3) is 0.533. The lowest BCUT2D eigenvalue weighted by molar-refractivity contribution is 0.0603. The third kappa shape index (κ3) is 5.94. The lowest BCUT2D eigenvalue weighted by Gasteiger charge is -2.23. The highest BCUT2D eigenvalue weighted by molar-refractivity contribution is 6.28. The van der Waals surface area contributed by atoms with Gasteiger partial charge in [0.2, 0.25) is 5.28 Å². The van der Waals surface area contributed by atoms with Crippen LogP contribution in [0.5, 0.6) is 0 Å². The predicted octanol–water partition coefficient (Wildman–Crippen LogP) is 3.58. The summed E-state index contributed by atoms with van der Waals surface area (Å²) in [4.78, 5) is 25.1. The first-order chi connectivity index (χ1) is 10.5. The zero-order valence-corrected chi connectivity index (χ0v) is 15.0. The summed E-state index contributed by atoms with van der Waals surface area (Å²) in [5.41, 5.74) is -0.122. The molecule has 126 valence electrons. The van der Waals surface area contributed by atoms with Crippen LogP contribution in [0.4, 0.5) is 10.6 Å². The van der Waals surface area contributed by atoms with E-state index in [0.29, 0.717) is 11.5 Å². The summed E-state index contributed by atoms with van der Waals surface area (Å²) in [6.45, 7) is 8.78. The summed E-state index contributed by atoms with van der Waals surface area (Å²) in [7, 11) is 1.69. The molecule has 0 bridgehead atoms. The molecule has 0 aromatic carbocycles. The number of anilines is 1. The Morgan fingerprint density at radius 2 is 2.09 bits per heavy atom. The summed E-state index contributed by atoms with van der Waals surface area (Å²) in [5, 5.41) is 8.36. The molecule has 1 atom stereocenters. The predicted molar refractivity (Wildman–Crippen MR) is 91.7 cm³/mol. The molecule has 0 fully saturated rings. The molecule has 0 saturated carbocycles. The maximum atomic E-state index is 11.7. The molecular weight excluding hydrogens is 318 g/mol.